The lowest BCUT2D eigenvalue weighted by atomic mass is 10.0. The van der Waals surface area contributed by atoms with Gasteiger partial charge in [0.25, 0.3) is 5.91 Å². The molecule has 150 valence electrons. The van der Waals surface area contributed by atoms with Gasteiger partial charge < -0.3 is 15.2 Å². The molecule has 3 aromatic rings. The fraction of sp³-hybridized carbons (Fsp3) is 0.250. The van der Waals surface area contributed by atoms with Crippen molar-refractivity contribution in [1.29, 1.82) is 0 Å². The number of carbonyl (C=O) groups excluding carboxylic acids is 2. The largest absolute Gasteiger partial charge is 0.351 e. The molecule has 1 amide bonds. The Labute approximate surface area is 171 Å². The van der Waals surface area contributed by atoms with Crippen LogP contribution >= 0.6 is 0 Å². The Morgan fingerprint density at radius 3 is 2.28 bits per heavy atom. The molecule has 1 aromatic heterocycles. The molecule has 0 aliphatic heterocycles. The topological polar surface area (TPSA) is 63.1 Å². The molecular weight excluding hydrogens is 362 g/mol. The van der Waals surface area contributed by atoms with Gasteiger partial charge in [0, 0.05) is 31.4 Å². The zero-order valence-corrected chi connectivity index (χ0v) is 16.7. The normalized spacial score (nSPS) is 11.8. The van der Waals surface area contributed by atoms with Crippen LogP contribution in [0.4, 0.5) is 0 Å². The Balaban J connectivity index is 1.56. The van der Waals surface area contributed by atoms with Crippen molar-refractivity contribution in [3.63, 3.8) is 0 Å². The predicted molar refractivity (Wildman–Crippen MR) is 115 cm³/mol. The number of nitrogens with zero attached hydrogens (tertiary/aromatic N) is 1. The summed E-state index contributed by atoms with van der Waals surface area (Å²) in [6.45, 7) is 0.807. The molecule has 0 aliphatic carbocycles. The molecular formula is C24H27N3O2. The van der Waals surface area contributed by atoms with Crippen LogP contribution in [0.3, 0.4) is 0 Å². The van der Waals surface area contributed by atoms with E-state index in [1.54, 1.807) is 10.6 Å². The first-order chi connectivity index (χ1) is 14.1. The van der Waals surface area contributed by atoms with E-state index < -0.39 is 0 Å². The molecule has 0 spiro atoms. The summed E-state index contributed by atoms with van der Waals surface area (Å²) >= 11 is 0. The Bertz CT molecular complexity index is 920. The molecule has 3 rings (SSSR count). The zero-order chi connectivity index (χ0) is 20.5. The summed E-state index contributed by atoms with van der Waals surface area (Å²) in [5, 5.41) is 6.36. The summed E-state index contributed by atoms with van der Waals surface area (Å²) in [5.41, 5.74) is 2.54. The average molecular weight is 389 g/mol. The van der Waals surface area contributed by atoms with Crippen molar-refractivity contribution in [3.8, 4) is 0 Å². The zero-order valence-electron chi connectivity index (χ0n) is 16.7. The van der Waals surface area contributed by atoms with Crippen molar-refractivity contribution in [1.82, 2.24) is 15.2 Å². The van der Waals surface area contributed by atoms with Gasteiger partial charge in [-0.2, -0.15) is 0 Å². The van der Waals surface area contributed by atoms with Crippen LogP contribution in [-0.4, -0.2) is 35.4 Å². The molecule has 1 unspecified atom stereocenters. The molecule has 0 saturated carbocycles. The van der Waals surface area contributed by atoms with Gasteiger partial charge in [-0.25, -0.2) is 0 Å². The number of rotatable bonds is 10. The van der Waals surface area contributed by atoms with Crippen LogP contribution in [0, 0.1) is 0 Å². The molecule has 0 fully saturated rings. The van der Waals surface area contributed by atoms with Crippen molar-refractivity contribution in [2.24, 2.45) is 7.05 Å². The van der Waals surface area contributed by atoms with E-state index in [2.05, 4.69) is 22.8 Å². The lowest BCUT2D eigenvalue weighted by Crippen LogP contribution is -2.38. The molecule has 5 heteroatoms. The van der Waals surface area contributed by atoms with Gasteiger partial charge >= 0.3 is 0 Å². The lowest BCUT2D eigenvalue weighted by molar-refractivity contribution is 0.0939. The number of hydrogen-bond donors (Lipinski definition) is 2. The van der Waals surface area contributed by atoms with Gasteiger partial charge in [-0.3, -0.25) is 9.59 Å². The smallest absolute Gasteiger partial charge is 0.267 e. The van der Waals surface area contributed by atoms with E-state index in [0.29, 0.717) is 17.8 Å². The van der Waals surface area contributed by atoms with Gasteiger partial charge in [-0.15, -0.1) is 0 Å². The summed E-state index contributed by atoms with van der Waals surface area (Å²) in [6.07, 6.45) is 3.37. The van der Waals surface area contributed by atoms with Crippen molar-refractivity contribution in [2.75, 3.05) is 13.1 Å². The van der Waals surface area contributed by atoms with Crippen LogP contribution in [0.25, 0.3) is 0 Å². The minimum absolute atomic E-state index is 0.0662. The summed E-state index contributed by atoms with van der Waals surface area (Å²) in [5.74, 6) is -0.0205. The molecule has 1 heterocycles. The van der Waals surface area contributed by atoms with E-state index in [1.807, 2.05) is 67.8 Å². The monoisotopic (exact) mass is 389 g/mol. The molecule has 0 aliphatic rings. The number of aromatic nitrogens is 1. The highest BCUT2D eigenvalue weighted by Crippen LogP contribution is 2.07. The van der Waals surface area contributed by atoms with Crippen molar-refractivity contribution >= 4 is 11.7 Å². The fourth-order valence-corrected chi connectivity index (χ4v) is 3.29. The van der Waals surface area contributed by atoms with E-state index in [9.17, 15) is 9.59 Å². The highest BCUT2D eigenvalue weighted by atomic mass is 16.2. The average Bonchev–Trinajstić information content (AvgIpc) is 3.19. The first kappa shape index (κ1) is 20.6. The predicted octanol–water partition coefficient (Wildman–Crippen LogP) is 3.23. The van der Waals surface area contributed by atoms with Gasteiger partial charge in [-0.1, -0.05) is 60.7 Å². The number of aryl methyl sites for hydroxylation is 1. The number of nitrogens with one attached hydrogen (secondary N) is 2. The standard InChI is InChI=1S/C24H27N3O2/c1-27-16-8-13-22(27)24(29)25-15-14-21(17-19-9-4-2-5-10-19)26-18-23(28)20-11-6-3-7-12-20/h2-13,16,21,26H,14-15,17-18H2,1H3,(H,25,29). The van der Waals surface area contributed by atoms with Crippen molar-refractivity contribution in [2.45, 2.75) is 18.9 Å². The van der Waals surface area contributed by atoms with Crippen LogP contribution < -0.4 is 10.6 Å². The van der Waals surface area contributed by atoms with Crippen molar-refractivity contribution < 1.29 is 9.59 Å². The second-order valence-electron chi connectivity index (χ2n) is 7.11. The second-order valence-corrected chi connectivity index (χ2v) is 7.11. The summed E-state index contributed by atoms with van der Waals surface area (Å²) in [6, 6.07) is 23.2. The van der Waals surface area contributed by atoms with E-state index >= 15 is 0 Å². The van der Waals surface area contributed by atoms with Gasteiger partial charge in [0.2, 0.25) is 0 Å². The maximum Gasteiger partial charge on any atom is 0.267 e. The molecule has 2 N–H and O–H groups in total. The van der Waals surface area contributed by atoms with Gasteiger partial charge in [0.15, 0.2) is 5.78 Å². The summed E-state index contributed by atoms with van der Waals surface area (Å²) in [4.78, 5) is 24.8. The van der Waals surface area contributed by atoms with Crippen LogP contribution in [0.15, 0.2) is 79.0 Å². The van der Waals surface area contributed by atoms with E-state index in [-0.39, 0.29) is 24.3 Å². The Morgan fingerprint density at radius 2 is 1.62 bits per heavy atom. The third-order valence-corrected chi connectivity index (χ3v) is 4.93. The molecule has 1 atom stereocenters. The number of ketones is 1. The number of hydrogen-bond acceptors (Lipinski definition) is 3. The summed E-state index contributed by atoms with van der Waals surface area (Å²) < 4.78 is 1.80. The Hall–Kier alpha value is -3.18. The summed E-state index contributed by atoms with van der Waals surface area (Å²) in [7, 11) is 1.85. The van der Waals surface area contributed by atoms with Gasteiger partial charge in [0.1, 0.15) is 5.69 Å². The van der Waals surface area contributed by atoms with Gasteiger partial charge in [0.05, 0.1) is 6.54 Å². The third-order valence-electron chi connectivity index (χ3n) is 4.93. The van der Waals surface area contributed by atoms with E-state index in [0.717, 1.165) is 12.8 Å². The second kappa shape index (κ2) is 10.4. The highest BCUT2D eigenvalue weighted by molar-refractivity contribution is 5.97. The van der Waals surface area contributed by atoms with Crippen molar-refractivity contribution in [3.05, 3.63) is 95.8 Å². The van der Waals surface area contributed by atoms with Gasteiger partial charge in [-0.05, 0) is 30.5 Å². The first-order valence-corrected chi connectivity index (χ1v) is 9.88. The fourth-order valence-electron chi connectivity index (χ4n) is 3.29. The Morgan fingerprint density at radius 1 is 0.931 bits per heavy atom. The number of carbonyl (C=O) groups is 2. The molecule has 0 bridgehead atoms. The molecule has 29 heavy (non-hydrogen) atoms. The van der Waals surface area contributed by atoms with Crippen LogP contribution in [0.2, 0.25) is 0 Å². The third kappa shape index (κ3) is 6.16. The maximum atomic E-state index is 12.4. The number of Topliss-reactive ketones (excluding diaryl/α,β-unsaturated/α-hetero) is 1. The maximum absolute atomic E-state index is 12.4. The quantitative estimate of drug-likeness (QED) is 0.523. The number of benzene rings is 2. The lowest BCUT2D eigenvalue weighted by Gasteiger charge is -2.19. The highest BCUT2D eigenvalue weighted by Gasteiger charge is 2.14. The Kier molecular flexibility index (Phi) is 7.36. The van der Waals surface area contributed by atoms with Crippen LogP contribution in [-0.2, 0) is 13.5 Å². The first-order valence-electron chi connectivity index (χ1n) is 9.88. The van der Waals surface area contributed by atoms with E-state index in [1.165, 1.54) is 5.56 Å². The van der Waals surface area contributed by atoms with Crippen LogP contribution in [0.5, 0.6) is 0 Å². The minimum atomic E-state index is -0.0867. The minimum Gasteiger partial charge on any atom is -0.351 e. The van der Waals surface area contributed by atoms with E-state index in [4.69, 9.17) is 0 Å². The molecule has 0 radical (unpaired) electrons. The molecule has 5 nitrogen and oxygen atoms in total. The molecule has 0 saturated heterocycles. The SMILES string of the molecule is Cn1cccc1C(=O)NCCC(Cc1ccccc1)NCC(=O)c1ccccc1. The number of amides is 1. The van der Waals surface area contributed by atoms with Crippen LogP contribution in [0.1, 0.15) is 32.8 Å². The molecule has 2 aromatic carbocycles.